The van der Waals surface area contributed by atoms with Crippen LogP contribution in [0.4, 0.5) is 11.4 Å². The molecule has 94 heavy (non-hydrogen) atoms. The Bertz CT molecular complexity index is 2460. The average Bonchev–Trinajstić information content (AvgIpc) is 1.57. The van der Waals surface area contributed by atoms with Crippen molar-refractivity contribution in [3.8, 4) is 20.9 Å². The van der Waals surface area contributed by atoms with Crippen LogP contribution in [-0.4, -0.2) is 24.9 Å². The summed E-state index contributed by atoms with van der Waals surface area (Å²) in [6, 6.07) is 18.7. The zero-order valence-corrected chi connectivity index (χ0v) is 63.7. The Morgan fingerprint density at radius 3 is 0.809 bits per heavy atom. The molecule has 2 aromatic heterocycles. The predicted molar refractivity (Wildman–Crippen MR) is 420 cm³/mol. The Morgan fingerprint density at radius 1 is 0.298 bits per heavy atom. The number of anilines is 2. The number of fused-ring (bicyclic) bond motifs is 2. The van der Waals surface area contributed by atoms with Gasteiger partial charge in [0.05, 0.1) is 22.5 Å². The minimum Gasteiger partial charge on any atom is -0.307 e. The molecule has 6 heteroatoms. The highest BCUT2D eigenvalue weighted by atomic mass is 32.1. The fourth-order valence-electron chi connectivity index (χ4n) is 15.5. The van der Waals surface area contributed by atoms with E-state index < -0.39 is 0 Å². The van der Waals surface area contributed by atoms with Gasteiger partial charge in [0.15, 0.2) is 0 Å². The van der Waals surface area contributed by atoms with Crippen LogP contribution < -0.4 is 9.80 Å². The number of carbonyl (C=O) groups excluding carboxylic acids is 2. The lowest BCUT2D eigenvalue weighted by molar-refractivity contribution is -0.114. The van der Waals surface area contributed by atoms with Crippen molar-refractivity contribution in [1.29, 1.82) is 0 Å². The van der Waals surface area contributed by atoms with Gasteiger partial charge in [-0.1, -0.05) is 361 Å². The van der Waals surface area contributed by atoms with Crippen LogP contribution >= 0.6 is 22.7 Å². The molecule has 4 nitrogen and oxygen atoms in total. The van der Waals surface area contributed by atoms with E-state index in [-0.39, 0.29) is 11.8 Å². The van der Waals surface area contributed by atoms with Gasteiger partial charge in [-0.15, -0.1) is 22.7 Å². The average molecular weight is 1320 g/mol. The lowest BCUT2D eigenvalue weighted by Crippen LogP contribution is -2.34. The van der Waals surface area contributed by atoms with Crippen molar-refractivity contribution in [3.05, 3.63) is 81.5 Å². The van der Waals surface area contributed by atoms with Crippen LogP contribution in [-0.2, 0) is 22.4 Å². The van der Waals surface area contributed by atoms with Gasteiger partial charge in [0.1, 0.15) is 0 Å². The zero-order chi connectivity index (χ0) is 66.5. The van der Waals surface area contributed by atoms with Gasteiger partial charge in [-0.05, 0) is 120 Å². The van der Waals surface area contributed by atoms with E-state index in [0.29, 0.717) is 36.1 Å². The van der Waals surface area contributed by atoms with Gasteiger partial charge in [0, 0.05) is 34.0 Å². The number of aryl methyl sites for hydroxylation is 2. The van der Waals surface area contributed by atoms with Crippen LogP contribution in [0.25, 0.3) is 32.0 Å². The van der Waals surface area contributed by atoms with Gasteiger partial charge in [-0.3, -0.25) is 9.59 Å². The molecule has 2 amide bonds. The van der Waals surface area contributed by atoms with E-state index in [1.54, 1.807) is 0 Å². The van der Waals surface area contributed by atoms with Gasteiger partial charge in [0.25, 0.3) is 11.8 Å². The number of rotatable bonds is 60. The number of benzene rings is 2. The Hall–Kier alpha value is -3.48. The van der Waals surface area contributed by atoms with Crippen molar-refractivity contribution in [2.24, 2.45) is 11.8 Å². The predicted octanol–water partition coefficient (Wildman–Crippen LogP) is 29.5. The number of nitrogens with zero attached hydrogens (tertiary/aromatic N) is 2. The van der Waals surface area contributed by atoms with Crippen LogP contribution in [0.5, 0.6) is 0 Å². The third-order valence-corrected chi connectivity index (χ3v) is 23.6. The number of thiophene rings is 2. The highest BCUT2D eigenvalue weighted by Crippen LogP contribution is 2.50. The van der Waals surface area contributed by atoms with E-state index in [9.17, 15) is 0 Å². The van der Waals surface area contributed by atoms with E-state index in [2.05, 4.69) is 111 Å². The molecule has 0 bridgehead atoms. The minimum atomic E-state index is 0.0431. The van der Waals surface area contributed by atoms with E-state index >= 15 is 9.59 Å². The second kappa shape index (κ2) is 49.9. The number of hydrogen-bond donors (Lipinski definition) is 0. The summed E-state index contributed by atoms with van der Waals surface area (Å²) in [5.74, 6) is 0.912. The molecule has 2 aliphatic heterocycles. The second-order valence-corrected chi connectivity index (χ2v) is 31.7. The van der Waals surface area contributed by atoms with E-state index in [4.69, 9.17) is 0 Å². The van der Waals surface area contributed by atoms with Gasteiger partial charge >= 0.3 is 0 Å². The van der Waals surface area contributed by atoms with Crippen molar-refractivity contribution in [3.63, 3.8) is 0 Å². The van der Waals surface area contributed by atoms with Crippen molar-refractivity contribution in [2.45, 2.75) is 388 Å². The maximum Gasteiger partial charge on any atom is 0.259 e. The van der Waals surface area contributed by atoms with Crippen LogP contribution in [0.2, 0.25) is 0 Å². The summed E-state index contributed by atoms with van der Waals surface area (Å²) in [4.78, 5) is 39.3. The maximum absolute atomic E-state index is 16.2. The Morgan fingerprint density at radius 2 is 0.543 bits per heavy atom. The van der Waals surface area contributed by atoms with E-state index in [0.717, 1.165) is 61.0 Å². The fraction of sp³-hybridized carbons (Fsp3) is 0.727. The lowest BCUT2D eigenvalue weighted by atomic mass is 9.93. The summed E-state index contributed by atoms with van der Waals surface area (Å²) in [5, 5.41) is 4.79. The molecule has 0 saturated carbocycles. The molecular formula is C88H142N2O2S2. The summed E-state index contributed by atoms with van der Waals surface area (Å²) in [7, 11) is 0. The van der Waals surface area contributed by atoms with Crippen molar-refractivity contribution in [1.82, 2.24) is 0 Å². The molecule has 2 atom stereocenters. The normalized spacial score (nSPS) is 14.5. The fourth-order valence-corrected chi connectivity index (χ4v) is 17.4. The van der Waals surface area contributed by atoms with Crippen molar-refractivity contribution < 1.29 is 9.59 Å². The Balaban J connectivity index is 1.34. The van der Waals surface area contributed by atoms with Gasteiger partial charge < -0.3 is 9.80 Å². The Kier molecular flexibility index (Phi) is 42.2. The molecule has 528 valence electrons. The molecule has 2 aliphatic rings. The second-order valence-electron chi connectivity index (χ2n) is 29.9. The lowest BCUT2D eigenvalue weighted by Gasteiger charge is -2.25. The van der Waals surface area contributed by atoms with Gasteiger partial charge in [-0.2, -0.15) is 0 Å². The van der Waals surface area contributed by atoms with Gasteiger partial charge in [0.2, 0.25) is 0 Å². The van der Waals surface area contributed by atoms with E-state index in [1.165, 1.54) is 340 Å². The largest absolute Gasteiger partial charge is 0.307 e. The molecule has 2 unspecified atom stereocenters. The summed E-state index contributed by atoms with van der Waals surface area (Å²) in [6.07, 6.45) is 70.4. The smallest absolute Gasteiger partial charge is 0.259 e. The summed E-state index contributed by atoms with van der Waals surface area (Å²) >= 11 is 3.73. The quantitative estimate of drug-likeness (QED) is 0.0326. The van der Waals surface area contributed by atoms with Crippen LogP contribution in [0.1, 0.15) is 398 Å². The summed E-state index contributed by atoms with van der Waals surface area (Å²) in [5.41, 5.74) is 10.5. The van der Waals surface area contributed by atoms with Crippen molar-refractivity contribution >= 4 is 57.0 Å². The third-order valence-electron chi connectivity index (χ3n) is 21.5. The van der Waals surface area contributed by atoms with Crippen LogP contribution in [0, 0.1) is 11.8 Å². The molecule has 6 rings (SSSR count). The molecule has 0 saturated heterocycles. The number of hydrogen-bond acceptors (Lipinski definition) is 4. The van der Waals surface area contributed by atoms with Crippen LogP contribution in [0.15, 0.2) is 59.3 Å². The first-order valence-corrected chi connectivity index (χ1v) is 42.9. The third kappa shape index (κ3) is 29.1. The summed E-state index contributed by atoms with van der Waals surface area (Å²) < 4.78 is 0. The molecule has 0 aliphatic carbocycles. The molecule has 2 aromatic carbocycles. The number of carbonyl (C=O) groups is 2. The number of amides is 2. The van der Waals surface area contributed by atoms with Crippen LogP contribution in [0.3, 0.4) is 0 Å². The maximum atomic E-state index is 16.2. The summed E-state index contributed by atoms with van der Waals surface area (Å²) in [6.45, 7) is 15.3. The van der Waals surface area contributed by atoms with Crippen molar-refractivity contribution in [2.75, 3.05) is 22.9 Å². The molecule has 0 spiro atoms. The minimum absolute atomic E-state index is 0.0431. The Labute approximate surface area is 588 Å². The molecule has 0 N–H and O–H groups in total. The van der Waals surface area contributed by atoms with Gasteiger partial charge in [-0.25, -0.2) is 0 Å². The molecule has 4 aromatic rings. The SMILES string of the molecule is CCCCCCCCCCCCc1csc(-c2ccc3c(c2)N(CC(CCCCCCCC)CCCCCCCCCC)C(=O)/C3=C2\C(=O)N(CC(CCCCCCCC)CCCCCCCCCC)c3cc(-c4cc(CCCCCCCCCCCC)cs4)ccc32)c1. The first kappa shape index (κ1) is 79.5. The molecule has 4 heterocycles. The number of unbranched alkanes of at least 4 members (excludes halogenated alkanes) is 42. The standard InChI is InChI=1S/C88H142N2O2S2/c1-7-13-19-25-31-35-37-41-47-53-59-75-65-83(93-71-75)77-61-63-79-81(67-77)89(69-73(55-49-43-29-23-17-11-5)57-51-45-39-33-27-21-15-9-3)87(91)85(79)86-80-64-62-78(84-66-76(72-94-84)60-54-48-42-38-36-32-26-20-14-8-2)68-82(80)90(88(86)92)70-74(56-50-44-30-24-18-12-6)58-52-46-40-34-28-22-16-10-4/h61-68,71-74H,7-60,69-70H2,1-6H3/b86-85-. The topological polar surface area (TPSA) is 40.6 Å². The molecule has 0 radical (unpaired) electrons. The highest BCUT2D eigenvalue weighted by Gasteiger charge is 2.43. The first-order chi connectivity index (χ1) is 46.3. The molecule has 0 fully saturated rings. The molecular weight excluding hydrogens is 1180 g/mol. The zero-order valence-electron chi connectivity index (χ0n) is 62.1. The highest BCUT2D eigenvalue weighted by molar-refractivity contribution is 7.14. The first-order valence-electron chi connectivity index (χ1n) is 41.2. The monoisotopic (exact) mass is 1320 g/mol. The van der Waals surface area contributed by atoms with E-state index in [1.807, 2.05) is 22.7 Å².